The first-order chi connectivity index (χ1) is 14.1. The molecule has 3 rings (SSSR count). The summed E-state index contributed by atoms with van der Waals surface area (Å²) in [6, 6.07) is 8.26. The van der Waals surface area contributed by atoms with Crippen molar-refractivity contribution in [3.05, 3.63) is 69.0 Å². The Balaban J connectivity index is 1.60. The van der Waals surface area contributed by atoms with Gasteiger partial charge < -0.3 is 14.8 Å². The molecule has 2 aromatic rings. The lowest BCUT2D eigenvalue weighted by Gasteiger charge is -2.16. The van der Waals surface area contributed by atoms with Gasteiger partial charge in [-0.1, -0.05) is 40.9 Å². The Morgan fingerprint density at radius 3 is 2.72 bits per heavy atom. The number of allylic oxidation sites excluding steroid dienone is 1. The first-order valence-electron chi connectivity index (χ1n) is 9.89. The van der Waals surface area contributed by atoms with Crippen LogP contribution in [0.15, 0.2) is 42.0 Å². The molecule has 0 radical (unpaired) electrons. The van der Waals surface area contributed by atoms with Crippen LogP contribution in [-0.2, 0) is 13.2 Å². The fourth-order valence-electron chi connectivity index (χ4n) is 3.44. The van der Waals surface area contributed by atoms with Gasteiger partial charge in [0.15, 0.2) is 11.5 Å². The van der Waals surface area contributed by atoms with Crippen LogP contribution in [0.2, 0.25) is 10.0 Å². The lowest BCUT2D eigenvalue weighted by Crippen LogP contribution is -2.16. The Bertz CT molecular complexity index is 850. The predicted molar refractivity (Wildman–Crippen MR) is 117 cm³/mol. The molecule has 1 aliphatic rings. The van der Waals surface area contributed by atoms with Crippen LogP contribution in [0.3, 0.4) is 0 Å². The standard InChI is InChI=1S/C23H26Cl2FNO2/c1-28-22-13-17(14-27-11-10-16-6-3-2-4-7-16)12-20(25)23(22)29-15-18-19(24)8-5-9-21(18)26/h5-6,8-9,12-13,27H,2-4,7,10-11,14-15H2,1H3. The predicted octanol–water partition coefficient (Wildman–Crippen LogP) is 6.70. The second-order valence-electron chi connectivity index (χ2n) is 7.13. The minimum Gasteiger partial charge on any atom is -0.493 e. The summed E-state index contributed by atoms with van der Waals surface area (Å²) in [5.41, 5.74) is 2.84. The molecule has 0 spiro atoms. The van der Waals surface area contributed by atoms with Crippen molar-refractivity contribution in [3.8, 4) is 11.5 Å². The maximum absolute atomic E-state index is 14.0. The van der Waals surface area contributed by atoms with E-state index in [0.29, 0.717) is 28.1 Å². The van der Waals surface area contributed by atoms with Gasteiger partial charge in [0.1, 0.15) is 12.4 Å². The molecule has 156 valence electrons. The molecule has 6 heteroatoms. The fraction of sp³-hybridized carbons (Fsp3) is 0.391. The van der Waals surface area contributed by atoms with E-state index in [0.717, 1.165) is 18.5 Å². The summed E-state index contributed by atoms with van der Waals surface area (Å²) in [4.78, 5) is 0. The molecule has 0 heterocycles. The van der Waals surface area contributed by atoms with E-state index in [1.54, 1.807) is 24.8 Å². The molecule has 0 aliphatic heterocycles. The second-order valence-corrected chi connectivity index (χ2v) is 7.95. The number of halogens is 3. The lowest BCUT2D eigenvalue weighted by molar-refractivity contribution is 0.280. The molecule has 0 amide bonds. The van der Waals surface area contributed by atoms with Crippen molar-refractivity contribution in [2.75, 3.05) is 13.7 Å². The third-order valence-corrected chi connectivity index (χ3v) is 5.68. The molecule has 0 saturated heterocycles. The topological polar surface area (TPSA) is 30.5 Å². The Kier molecular flexibility index (Phi) is 8.22. The maximum Gasteiger partial charge on any atom is 0.180 e. The Morgan fingerprint density at radius 2 is 2.00 bits per heavy atom. The fourth-order valence-corrected chi connectivity index (χ4v) is 3.95. The van der Waals surface area contributed by atoms with Crippen LogP contribution in [0.4, 0.5) is 4.39 Å². The van der Waals surface area contributed by atoms with E-state index in [4.69, 9.17) is 32.7 Å². The highest BCUT2D eigenvalue weighted by Crippen LogP contribution is 2.37. The van der Waals surface area contributed by atoms with Gasteiger partial charge >= 0.3 is 0 Å². The van der Waals surface area contributed by atoms with E-state index in [-0.39, 0.29) is 12.2 Å². The third-order valence-electron chi connectivity index (χ3n) is 5.05. The van der Waals surface area contributed by atoms with Gasteiger partial charge in [-0.2, -0.15) is 0 Å². The van der Waals surface area contributed by atoms with Crippen LogP contribution in [0.1, 0.15) is 43.2 Å². The SMILES string of the molecule is COc1cc(CNCCC2=CCCCC2)cc(Cl)c1OCc1c(F)cccc1Cl. The zero-order chi connectivity index (χ0) is 20.6. The maximum atomic E-state index is 14.0. The average molecular weight is 438 g/mol. The zero-order valence-corrected chi connectivity index (χ0v) is 18.1. The summed E-state index contributed by atoms with van der Waals surface area (Å²) >= 11 is 12.5. The Hall–Kier alpha value is -1.75. The van der Waals surface area contributed by atoms with Crippen LogP contribution >= 0.6 is 23.2 Å². The van der Waals surface area contributed by atoms with E-state index in [1.807, 2.05) is 12.1 Å². The van der Waals surface area contributed by atoms with Crippen molar-refractivity contribution in [1.29, 1.82) is 0 Å². The smallest absolute Gasteiger partial charge is 0.180 e. The number of nitrogens with one attached hydrogen (secondary N) is 1. The van der Waals surface area contributed by atoms with Gasteiger partial charge in [-0.25, -0.2) is 4.39 Å². The molecule has 2 aromatic carbocycles. The van der Waals surface area contributed by atoms with Crippen molar-refractivity contribution in [2.45, 2.75) is 45.3 Å². The van der Waals surface area contributed by atoms with Crippen molar-refractivity contribution < 1.29 is 13.9 Å². The molecule has 0 bridgehead atoms. The molecule has 0 atom stereocenters. The second kappa shape index (κ2) is 10.9. The number of methoxy groups -OCH3 is 1. The number of ether oxygens (including phenoxy) is 2. The summed E-state index contributed by atoms with van der Waals surface area (Å²) in [7, 11) is 1.56. The number of rotatable bonds is 9. The monoisotopic (exact) mass is 437 g/mol. The van der Waals surface area contributed by atoms with Gasteiger partial charge in [-0.05, 0) is 68.5 Å². The largest absolute Gasteiger partial charge is 0.493 e. The summed E-state index contributed by atoms with van der Waals surface area (Å²) in [5.74, 6) is 0.475. The van der Waals surface area contributed by atoms with E-state index < -0.39 is 5.82 Å². The van der Waals surface area contributed by atoms with Crippen LogP contribution in [0.25, 0.3) is 0 Å². The third kappa shape index (κ3) is 6.11. The van der Waals surface area contributed by atoms with Crippen molar-refractivity contribution in [1.82, 2.24) is 5.32 Å². The molecule has 0 saturated carbocycles. The normalized spacial score (nSPS) is 13.9. The van der Waals surface area contributed by atoms with Crippen molar-refractivity contribution in [3.63, 3.8) is 0 Å². The summed E-state index contributed by atoms with van der Waals surface area (Å²) in [5, 5.41) is 4.19. The van der Waals surface area contributed by atoms with E-state index >= 15 is 0 Å². The van der Waals surface area contributed by atoms with Crippen LogP contribution in [0.5, 0.6) is 11.5 Å². The minimum absolute atomic E-state index is 0.0334. The zero-order valence-electron chi connectivity index (χ0n) is 16.6. The van der Waals surface area contributed by atoms with Gasteiger partial charge in [0.25, 0.3) is 0 Å². The van der Waals surface area contributed by atoms with Crippen LogP contribution < -0.4 is 14.8 Å². The summed E-state index contributed by atoms with van der Waals surface area (Å²) < 4.78 is 25.2. The van der Waals surface area contributed by atoms with Gasteiger partial charge in [-0.15, -0.1) is 0 Å². The molecule has 29 heavy (non-hydrogen) atoms. The highest BCUT2D eigenvalue weighted by molar-refractivity contribution is 6.32. The Labute approximate surface area is 181 Å². The van der Waals surface area contributed by atoms with Gasteiger partial charge in [-0.3, -0.25) is 0 Å². The summed E-state index contributed by atoms with van der Waals surface area (Å²) in [6.45, 7) is 1.58. The van der Waals surface area contributed by atoms with Crippen LogP contribution in [0, 0.1) is 5.82 Å². The number of hydrogen-bond acceptors (Lipinski definition) is 3. The number of hydrogen-bond donors (Lipinski definition) is 1. The van der Waals surface area contributed by atoms with Crippen molar-refractivity contribution >= 4 is 23.2 Å². The van der Waals surface area contributed by atoms with E-state index in [9.17, 15) is 4.39 Å². The van der Waals surface area contributed by atoms with Gasteiger partial charge in [0.05, 0.1) is 17.2 Å². The quantitative estimate of drug-likeness (QED) is 0.349. The molecule has 0 aromatic heterocycles. The Morgan fingerprint density at radius 1 is 1.14 bits per heavy atom. The first-order valence-corrected chi connectivity index (χ1v) is 10.6. The molecule has 3 nitrogen and oxygen atoms in total. The highest BCUT2D eigenvalue weighted by Gasteiger charge is 2.15. The molecular weight excluding hydrogens is 412 g/mol. The van der Waals surface area contributed by atoms with Crippen molar-refractivity contribution in [2.24, 2.45) is 0 Å². The number of benzene rings is 2. The van der Waals surface area contributed by atoms with E-state index in [2.05, 4.69) is 11.4 Å². The molecular formula is C23H26Cl2FNO2. The molecule has 0 fully saturated rings. The minimum atomic E-state index is -0.415. The first kappa shape index (κ1) is 21.9. The van der Waals surface area contributed by atoms with Gasteiger partial charge in [0.2, 0.25) is 0 Å². The molecule has 1 aliphatic carbocycles. The van der Waals surface area contributed by atoms with E-state index in [1.165, 1.54) is 31.7 Å². The van der Waals surface area contributed by atoms with Crippen LogP contribution in [-0.4, -0.2) is 13.7 Å². The average Bonchev–Trinajstić information content (AvgIpc) is 2.72. The van der Waals surface area contributed by atoms with Gasteiger partial charge in [0, 0.05) is 12.1 Å². The molecule has 1 N–H and O–H groups in total. The lowest BCUT2D eigenvalue weighted by atomic mass is 9.97. The molecule has 0 unspecified atom stereocenters. The summed E-state index contributed by atoms with van der Waals surface area (Å²) in [6.07, 6.45) is 8.50. The highest BCUT2D eigenvalue weighted by atomic mass is 35.5.